The van der Waals surface area contributed by atoms with Gasteiger partial charge in [0.15, 0.2) is 11.4 Å². The number of nitrogens with two attached hydrogens (primary N) is 1. The highest BCUT2D eigenvalue weighted by molar-refractivity contribution is 6.24. The molecule has 0 aliphatic heterocycles. The summed E-state index contributed by atoms with van der Waals surface area (Å²) < 4.78 is 5.14. The van der Waals surface area contributed by atoms with Crippen LogP contribution in [0, 0.1) is 17.8 Å². The Balaban J connectivity index is 1.79. The second kappa shape index (κ2) is 10.0. The van der Waals surface area contributed by atoms with Crippen molar-refractivity contribution in [2.75, 3.05) is 20.7 Å². The van der Waals surface area contributed by atoms with Gasteiger partial charge in [-0.3, -0.25) is 19.3 Å². The van der Waals surface area contributed by atoms with Gasteiger partial charge in [0.05, 0.1) is 18.2 Å². The molecule has 0 radical (unpaired) electrons. The largest absolute Gasteiger partial charge is 0.508 e. The molecule has 2 unspecified atom stereocenters. The SMILES string of the molecule is CC(C)COC(=O)NCc1ccc(O)c2c1CC1CC3[C@H](N(C)C)C(=O)C(C(N)=O)=C(O)[C@@]3(O)C(=O)C1=C2O. The van der Waals surface area contributed by atoms with Gasteiger partial charge in [-0.05, 0) is 56.0 Å². The number of likely N-dealkylation sites (N-methyl/N-ethyl adjacent to an activating group) is 1. The van der Waals surface area contributed by atoms with E-state index in [1.807, 2.05) is 13.8 Å². The van der Waals surface area contributed by atoms with Gasteiger partial charge in [0, 0.05) is 18.0 Å². The molecule has 1 aromatic carbocycles. The number of phenolic OH excluding ortho intramolecular Hbond substituents is 1. The predicted octanol–water partition coefficient (Wildman–Crippen LogP) is 0.846. The highest BCUT2D eigenvalue weighted by Gasteiger charge is 2.64. The van der Waals surface area contributed by atoms with Crippen LogP contribution < -0.4 is 11.1 Å². The summed E-state index contributed by atoms with van der Waals surface area (Å²) in [5, 5.41) is 47.0. The fourth-order valence-electron chi connectivity index (χ4n) is 5.93. The molecule has 210 valence electrons. The number of aromatic hydroxyl groups is 1. The van der Waals surface area contributed by atoms with Crippen LogP contribution in [0.2, 0.25) is 0 Å². The molecule has 39 heavy (non-hydrogen) atoms. The average Bonchev–Trinajstić information content (AvgIpc) is 2.84. The molecule has 1 aromatic rings. The Morgan fingerprint density at radius 1 is 1.21 bits per heavy atom. The number of carbonyl (C=O) groups is 4. The summed E-state index contributed by atoms with van der Waals surface area (Å²) in [5.41, 5.74) is 2.53. The van der Waals surface area contributed by atoms with Crippen LogP contribution in [0.5, 0.6) is 5.75 Å². The predicted molar refractivity (Wildman–Crippen MR) is 137 cm³/mol. The van der Waals surface area contributed by atoms with Crippen LogP contribution in [0.15, 0.2) is 29.0 Å². The molecule has 0 heterocycles. The number of nitrogens with one attached hydrogen (secondary N) is 1. The van der Waals surface area contributed by atoms with E-state index >= 15 is 0 Å². The fourth-order valence-corrected chi connectivity index (χ4v) is 5.93. The maximum Gasteiger partial charge on any atom is 0.407 e. The Kier molecular flexibility index (Phi) is 7.21. The van der Waals surface area contributed by atoms with E-state index in [2.05, 4.69) is 5.32 Å². The number of hydrogen-bond donors (Lipinski definition) is 6. The number of primary amides is 1. The number of hydrogen-bond acceptors (Lipinski definition) is 10. The summed E-state index contributed by atoms with van der Waals surface area (Å²) >= 11 is 0. The van der Waals surface area contributed by atoms with Crippen molar-refractivity contribution >= 4 is 29.3 Å². The number of ether oxygens (including phenoxy) is 1. The van der Waals surface area contributed by atoms with E-state index in [0.29, 0.717) is 11.1 Å². The molecule has 1 saturated carbocycles. The number of carbonyl (C=O) groups excluding carboxylic acids is 4. The average molecular weight is 544 g/mol. The van der Waals surface area contributed by atoms with Crippen LogP contribution in [0.1, 0.15) is 37.0 Å². The Hall–Kier alpha value is -3.90. The maximum atomic E-state index is 13.8. The Morgan fingerprint density at radius 2 is 1.87 bits per heavy atom. The standard InChI is InChI=1S/C27H33N3O9/c1-11(2)10-39-26(37)29-9-12-5-6-16(31)18-14(12)7-13-8-15-20(30(3)4)22(33)19(25(28)36)24(35)27(15,38)23(34)17(13)21(18)32/h5-6,11,13,15,20,31-32,35,38H,7-10H2,1-4H3,(H2,28,36)(H,29,37)/t13?,15?,20-,27-/m0/s1. The van der Waals surface area contributed by atoms with Crippen molar-refractivity contribution < 1.29 is 44.3 Å². The molecular weight excluding hydrogens is 510 g/mol. The van der Waals surface area contributed by atoms with Crippen LogP contribution in [-0.2, 0) is 32.1 Å². The second-order valence-electron chi connectivity index (χ2n) is 10.9. The lowest BCUT2D eigenvalue weighted by atomic mass is 9.57. The number of benzene rings is 1. The third-order valence-corrected chi connectivity index (χ3v) is 7.67. The number of alkyl carbamates (subject to hydrolysis) is 1. The molecule has 12 nitrogen and oxygen atoms in total. The van der Waals surface area contributed by atoms with Gasteiger partial charge in [0.1, 0.15) is 22.8 Å². The van der Waals surface area contributed by atoms with Gasteiger partial charge in [0.25, 0.3) is 5.91 Å². The molecule has 7 N–H and O–H groups in total. The topological polar surface area (TPSA) is 200 Å². The van der Waals surface area contributed by atoms with Crippen LogP contribution >= 0.6 is 0 Å². The van der Waals surface area contributed by atoms with E-state index < -0.39 is 64.1 Å². The molecule has 2 amide bonds. The fraction of sp³-hybridized carbons (Fsp3) is 0.481. The third-order valence-electron chi connectivity index (χ3n) is 7.67. The molecule has 0 saturated heterocycles. The van der Waals surface area contributed by atoms with E-state index in [0.717, 1.165) is 0 Å². The first-order valence-electron chi connectivity index (χ1n) is 12.6. The van der Waals surface area contributed by atoms with Gasteiger partial charge < -0.3 is 36.2 Å². The van der Waals surface area contributed by atoms with Crippen molar-refractivity contribution in [1.29, 1.82) is 0 Å². The number of aliphatic hydroxyl groups excluding tert-OH is 2. The summed E-state index contributed by atoms with van der Waals surface area (Å²) in [7, 11) is 3.07. The molecule has 4 atom stereocenters. The van der Waals surface area contributed by atoms with Crippen molar-refractivity contribution in [3.05, 3.63) is 45.7 Å². The summed E-state index contributed by atoms with van der Waals surface area (Å²) in [4.78, 5) is 52.6. The first kappa shape index (κ1) is 28.1. The van der Waals surface area contributed by atoms with Gasteiger partial charge >= 0.3 is 6.09 Å². The van der Waals surface area contributed by atoms with E-state index in [9.17, 15) is 39.6 Å². The van der Waals surface area contributed by atoms with E-state index in [1.54, 1.807) is 6.07 Å². The van der Waals surface area contributed by atoms with Crippen LogP contribution in [0.25, 0.3) is 5.76 Å². The van der Waals surface area contributed by atoms with Gasteiger partial charge in [-0.25, -0.2) is 4.79 Å². The quantitative estimate of drug-likeness (QED) is 0.279. The lowest BCUT2D eigenvalue weighted by Gasteiger charge is -2.50. The van der Waals surface area contributed by atoms with Crippen LogP contribution in [-0.4, -0.2) is 81.2 Å². The number of phenols is 1. The number of amides is 2. The van der Waals surface area contributed by atoms with Crippen molar-refractivity contribution in [3.63, 3.8) is 0 Å². The normalized spacial score (nSPS) is 26.4. The highest BCUT2D eigenvalue weighted by atomic mass is 16.5. The third kappa shape index (κ3) is 4.43. The highest BCUT2D eigenvalue weighted by Crippen LogP contribution is 2.52. The minimum Gasteiger partial charge on any atom is -0.508 e. The number of aliphatic hydroxyl groups is 3. The monoisotopic (exact) mass is 543 g/mol. The zero-order valence-corrected chi connectivity index (χ0v) is 22.1. The number of ketones is 2. The van der Waals surface area contributed by atoms with Crippen LogP contribution in [0.4, 0.5) is 4.79 Å². The molecule has 3 aliphatic carbocycles. The lowest BCUT2D eigenvalue weighted by molar-refractivity contribution is -0.153. The Labute approximate surface area is 224 Å². The zero-order valence-electron chi connectivity index (χ0n) is 22.1. The van der Waals surface area contributed by atoms with Crippen molar-refractivity contribution in [2.24, 2.45) is 23.5 Å². The van der Waals surface area contributed by atoms with Crippen molar-refractivity contribution in [1.82, 2.24) is 10.2 Å². The minimum absolute atomic E-state index is 0.0144. The number of nitrogens with zero attached hydrogens (tertiary/aromatic N) is 1. The van der Waals surface area contributed by atoms with Crippen molar-refractivity contribution in [2.45, 2.75) is 44.9 Å². The molecule has 12 heteroatoms. The second-order valence-corrected chi connectivity index (χ2v) is 10.9. The maximum absolute atomic E-state index is 13.8. The van der Waals surface area contributed by atoms with Gasteiger partial charge in [-0.2, -0.15) is 0 Å². The zero-order chi connectivity index (χ0) is 29.0. The summed E-state index contributed by atoms with van der Waals surface area (Å²) in [6.45, 7) is 4.04. The molecule has 3 aliphatic rings. The molecule has 0 spiro atoms. The van der Waals surface area contributed by atoms with Gasteiger partial charge in [-0.15, -0.1) is 0 Å². The number of rotatable bonds is 6. The Morgan fingerprint density at radius 3 is 2.46 bits per heavy atom. The summed E-state index contributed by atoms with van der Waals surface area (Å²) in [6.07, 6.45) is -0.534. The summed E-state index contributed by atoms with van der Waals surface area (Å²) in [5.74, 6) is -6.97. The number of Topliss-reactive ketones (excluding diaryl/α,β-unsaturated/α-hetero) is 2. The molecular formula is C27H33N3O9. The van der Waals surface area contributed by atoms with Crippen molar-refractivity contribution in [3.8, 4) is 5.75 Å². The first-order chi connectivity index (χ1) is 18.2. The molecule has 0 bridgehead atoms. The van der Waals surface area contributed by atoms with E-state index in [1.165, 1.54) is 25.1 Å². The Bertz CT molecular complexity index is 1330. The first-order valence-corrected chi connectivity index (χ1v) is 12.6. The minimum atomic E-state index is -2.69. The van der Waals surface area contributed by atoms with Gasteiger partial charge in [-0.1, -0.05) is 19.9 Å². The number of fused-ring (bicyclic) bond motifs is 3. The smallest absolute Gasteiger partial charge is 0.407 e. The van der Waals surface area contributed by atoms with E-state index in [-0.39, 0.29) is 48.8 Å². The van der Waals surface area contributed by atoms with Crippen LogP contribution in [0.3, 0.4) is 0 Å². The van der Waals surface area contributed by atoms with E-state index in [4.69, 9.17) is 10.5 Å². The molecule has 0 aromatic heterocycles. The molecule has 4 rings (SSSR count). The molecule has 1 fully saturated rings. The lowest BCUT2D eigenvalue weighted by Crippen LogP contribution is -2.65. The van der Waals surface area contributed by atoms with Gasteiger partial charge in [0.2, 0.25) is 5.78 Å². The summed E-state index contributed by atoms with van der Waals surface area (Å²) in [6, 6.07) is 1.72.